The number of rotatable bonds is 2. The molecule has 8 heteroatoms. The third-order valence-electron chi connectivity index (χ3n) is 0.879. The van der Waals surface area contributed by atoms with Crippen LogP contribution in [0, 0.1) is 0 Å². The molecule has 0 heterocycles. The van der Waals surface area contributed by atoms with Gasteiger partial charge in [0.1, 0.15) is -0.565 Å². The lowest BCUT2D eigenvalue weighted by Crippen LogP contribution is -2.20. The summed E-state index contributed by atoms with van der Waals surface area (Å²) in [6.07, 6.45) is 0.915. The minimum absolute atomic E-state index is 0.222. The Hall–Kier alpha value is 2.27. The van der Waals surface area contributed by atoms with Gasteiger partial charge in [-0.25, -0.2) is 4.79 Å². The Kier molecular flexibility index (Phi) is 6.52. The first-order valence-corrected chi connectivity index (χ1v) is 7.01. The van der Waals surface area contributed by atoms with Crippen LogP contribution in [-0.2, 0) is 4.79 Å². The fourth-order valence-corrected chi connectivity index (χ4v) is 4.15. The first kappa shape index (κ1) is 15.3. The van der Waals surface area contributed by atoms with E-state index in [1.165, 1.54) is 0 Å². The van der Waals surface area contributed by atoms with Crippen molar-refractivity contribution in [3.05, 3.63) is 11.6 Å². The van der Waals surface area contributed by atoms with Gasteiger partial charge in [0.15, 0.2) is 0 Å². The maximum absolute atomic E-state index is 10.4. The average Bonchev–Trinajstić information content (AvgIpc) is 1.77. The minimum Gasteiger partial charge on any atom is -0.478 e. The molecule has 0 aromatic heterocycles. The van der Waals surface area contributed by atoms with Crippen LogP contribution in [0.3, 0.4) is 0 Å². The SMILES string of the molecule is O=C(O)C=C(C(Cl)(Cl)Cl)C(I)(I)I. The minimum atomic E-state index is -1.69. The quantitative estimate of drug-likeness (QED) is 0.300. The van der Waals surface area contributed by atoms with E-state index in [1.807, 2.05) is 67.8 Å². The van der Waals surface area contributed by atoms with Gasteiger partial charge in [-0.15, -0.1) is 0 Å². The smallest absolute Gasteiger partial charge is 0.328 e. The number of alkyl halides is 6. The summed E-state index contributed by atoms with van der Waals surface area (Å²) < 4.78 is -2.26. The Balaban J connectivity index is 5.13. The van der Waals surface area contributed by atoms with E-state index in [9.17, 15) is 4.79 Å². The third-order valence-corrected chi connectivity index (χ3v) is 3.23. The van der Waals surface area contributed by atoms with E-state index in [-0.39, 0.29) is 5.57 Å². The summed E-state index contributed by atoms with van der Waals surface area (Å²) in [5.41, 5.74) is 0.222. The van der Waals surface area contributed by atoms with Gasteiger partial charge in [-0.3, -0.25) is 0 Å². The molecule has 0 amide bonds. The maximum atomic E-state index is 10.4. The Morgan fingerprint density at radius 3 is 1.69 bits per heavy atom. The van der Waals surface area contributed by atoms with Crippen LogP contribution in [0.5, 0.6) is 0 Å². The van der Waals surface area contributed by atoms with Crippen LogP contribution >= 0.6 is 103 Å². The molecule has 0 saturated heterocycles. The second-order valence-corrected chi connectivity index (χ2v) is 15.2. The van der Waals surface area contributed by atoms with Gasteiger partial charge in [-0.1, -0.05) is 103 Å². The summed E-state index contributed by atoms with van der Waals surface area (Å²) in [5, 5.41) is 8.55. The summed E-state index contributed by atoms with van der Waals surface area (Å²) in [6, 6.07) is 0. The van der Waals surface area contributed by atoms with Gasteiger partial charge >= 0.3 is 5.97 Å². The fraction of sp³-hybridized carbons (Fsp3) is 0.400. The van der Waals surface area contributed by atoms with Gasteiger partial charge in [0.2, 0.25) is 3.79 Å². The molecule has 76 valence electrons. The zero-order valence-corrected chi connectivity index (χ0v) is 14.4. The van der Waals surface area contributed by atoms with Crippen molar-refractivity contribution in [3.8, 4) is 0 Å². The van der Waals surface area contributed by atoms with Crippen LogP contribution in [0.4, 0.5) is 0 Å². The van der Waals surface area contributed by atoms with E-state index < -0.39 is 9.20 Å². The number of allylic oxidation sites excluding steroid dienone is 1. The van der Waals surface area contributed by atoms with Crippen molar-refractivity contribution < 1.29 is 9.90 Å². The second kappa shape index (κ2) is 5.55. The summed E-state index contributed by atoms with van der Waals surface area (Å²) in [5.74, 6) is -1.13. The molecule has 0 aliphatic rings. The van der Waals surface area contributed by atoms with E-state index in [4.69, 9.17) is 39.9 Å². The lowest BCUT2D eigenvalue weighted by molar-refractivity contribution is -0.131. The molecule has 0 aliphatic carbocycles. The van der Waals surface area contributed by atoms with Crippen LogP contribution in [0.1, 0.15) is 0 Å². The molecule has 0 bridgehead atoms. The number of hydrogen-bond donors (Lipinski definition) is 1. The topological polar surface area (TPSA) is 37.3 Å². The number of aliphatic carboxylic acids is 1. The maximum Gasteiger partial charge on any atom is 0.328 e. The first-order chi connectivity index (χ1) is 5.55. The highest BCUT2D eigenvalue weighted by Crippen LogP contribution is 2.52. The van der Waals surface area contributed by atoms with Gasteiger partial charge < -0.3 is 5.11 Å². The highest BCUT2D eigenvalue weighted by Gasteiger charge is 2.39. The number of carbonyl (C=O) groups is 1. The Morgan fingerprint density at radius 1 is 1.23 bits per heavy atom. The van der Waals surface area contributed by atoms with Gasteiger partial charge in [0, 0.05) is 11.6 Å². The van der Waals surface area contributed by atoms with Crippen molar-refractivity contribution in [3.63, 3.8) is 0 Å². The predicted molar refractivity (Wildman–Crippen MR) is 80.8 cm³/mol. The van der Waals surface area contributed by atoms with Crippen molar-refractivity contribution in [2.45, 2.75) is 3.23 Å². The molecular weight excluding hydrogens is 579 g/mol. The Bertz CT molecular complexity index is 224. The van der Waals surface area contributed by atoms with E-state index in [1.54, 1.807) is 0 Å². The molecule has 0 atom stereocenters. The van der Waals surface area contributed by atoms with E-state index in [2.05, 4.69) is 0 Å². The molecule has 1 N–H and O–H groups in total. The summed E-state index contributed by atoms with van der Waals surface area (Å²) in [6.45, 7) is 0. The van der Waals surface area contributed by atoms with Crippen molar-refractivity contribution in [2.75, 3.05) is 0 Å². The molecule has 0 saturated carbocycles. The zero-order valence-electron chi connectivity index (χ0n) is 5.70. The average molecular weight is 581 g/mol. The Labute approximate surface area is 131 Å². The molecule has 0 fully saturated rings. The van der Waals surface area contributed by atoms with E-state index in [0.717, 1.165) is 6.08 Å². The van der Waals surface area contributed by atoms with Crippen molar-refractivity contribution in [2.24, 2.45) is 0 Å². The molecule has 13 heavy (non-hydrogen) atoms. The van der Waals surface area contributed by atoms with Crippen LogP contribution < -0.4 is 0 Å². The predicted octanol–water partition coefficient (Wildman–Crippen LogP) is 4.33. The normalized spacial score (nSPS) is 14.5. The monoisotopic (exact) mass is 580 g/mol. The highest BCUT2D eigenvalue weighted by molar-refractivity contribution is 14.3. The third kappa shape index (κ3) is 6.44. The molecular formula is C5H2Cl3I3O2. The van der Waals surface area contributed by atoms with Crippen molar-refractivity contribution in [1.82, 2.24) is 0 Å². The summed E-state index contributed by atoms with van der Waals surface area (Å²) >= 11 is 22.8. The zero-order chi connectivity index (χ0) is 10.9. The van der Waals surface area contributed by atoms with Gasteiger partial charge in [-0.05, 0) is 0 Å². The van der Waals surface area contributed by atoms with Crippen LogP contribution in [-0.4, -0.2) is 14.3 Å². The van der Waals surface area contributed by atoms with Crippen LogP contribution in [0.15, 0.2) is 11.6 Å². The lowest BCUT2D eigenvalue weighted by Gasteiger charge is -2.23. The number of carboxylic acids is 1. The molecule has 0 aromatic carbocycles. The molecule has 2 nitrogen and oxygen atoms in total. The number of hydrogen-bond acceptors (Lipinski definition) is 1. The summed E-state index contributed by atoms with van der Waals surface area (Å²) in [4.78, 5) is 10.4. The highest BCUT2D eigenvalue weighted by atomic mass is 127. The number of halogens is 6. The fourth-order valence-electron chi connectivity index (χ4n) is 0.448. The van der Waals surface area contributed by atoms with Gasteiger partial charge in [-0.2, -0.15) is 0 Å². The molecule has 0 rings (SSSR count). The van der Waals surface area contributed by atoms with Gasteiger partial charge in [0.05, 0.1) is 0 Å². The van der Waals surface area contributed by atoms with E-state index >= 15 is 0 Å². The molecule has 0 spiro atoms. The molecule has 0 aromatic rings. The molecule has 0 aliphatic heterocycles. The molecule has 0 unspecified atom stereocenters. The largest absolute Gasteiger partial charge is 0.478 e. The van der Waals surface area contributed by atoms with Crippen LogP contribution in [0.25, 0.3) is 0 Å². The second-order valence-electron chi connectivity index (χ2n) is 1.89. The molecule has 0 radical (unpaired) electrons. The lowest BCUT2D eigenvalue weighted by atomic mass is 10.3. The van der Waals surface area contributed by atoms with Crippen molar-refractivity contribution >= 4 is 109 Å². The standard InChI is InChI=1S/C5H2Cl3I3O2/c6-4(7,8)2(1-3(12)13)5(9,10)11/h1H,(H,12,13). The Morgan fingerprint density at radius 2 is 1.62 bits per heavy atom. The number of carboxylic acid groups (broad SMARTS) is 1. The van der Waals surface area contributed by atoms with Gasteiger partial charge in [0.25, 0.3) is 0 Å². The first-order valence-electron chi connectivity index (χ1n) is 2.64. The van der Waals surface area contributed by atoms with Crippen molar-refractivity contribution in [1.29, 1.82) is 0 Å². The van der Waals surface area contributed by atoms with E-state index in [0.29, 0.717) is 0 Å². The summed E-state index contributed by atoms with van der Waals surface area (Å²) in [7, 11) is 0. The van der Waals surface area contributed by atoms with Crippen LogP contribution in [0.2, 0.25) is 0 Å².